The van der Waals surface area contributed by atoms with Crippen molar-refractivity contribution in [1.82, 2.24) is 0 Å². The lowest BCUT2D eigenvalue weighted by Crippen LogP contribution is -2.02. The van der Waals surface area contributed by atoms with Crippen molar-refractivity contribution in [3.8, 4) is 16.9 Å². The summed E-state index contributed by atoms with van der Waals surface area (Å²) in [5.41, 5.74) is 4.23. The van der Waals surface area contributed by atoms with Gasteiger partial charge in [0.15, 0.2) is 0 Å². The molecule has 0 aliphatic heterocycles. The van der Waals surface area contributed by atoms with Crippen LogP contribution in [0.3, 0.4) is 0 Å². The molecule has 0 bridgehead atoms. The minimum atomic E-state index is -0.200. The maximum Gasteiger partial charge on any atom is 0.305 e. The molecule has 0 saturated carbocycles. The fourth-order valence-electron chi connectivity index (χ4n) is 2.79. The standard InChI is InChI=1S/C23H21ClO3/c1-26-23(25)14-11-17-9-12-20(13-10-17)27-16-18-5-4-6-19(15-18)21-7-2-3-8-22(21)24/h2-10,12-13,15H,11,14,16H2,1H3. The summed E-state index contributed by atoms with van der Waals surface area (Å²) < 4.78 is 10.6. The molecule has 0 spiro atoms. The van der Waals surface area contributed by atoms with Crippen LogP contribution in [0.2, 0.25) is 5.02 Å². The van der Waals surface area contributed by atoms with Crippen LogP contribution in [0.4, 0.5) is 0 Å². The van der Waals surface area contributed by atoms with Crippen molar-refractivity contribution in [2.75, 3.05) is 7.11 Å². The molecular formula is C23H21ClO3. The predicted molar refractivity (Wildman–Crippen MR) is 108 cm³/mol. The van der Waals surface area contributed by atoms with Crippen LogP contribution in [-0.4, -0.2) is 13.1 Å². The maximum atomic E-state index is 11.2. The molecule has 0 unspecified atom stereocenters. The molecule has 3 nitrogen and oxygen atoms in total. The van der Waals surface area contributed by atoms with Crippen LogP contribution >= 0.6 is 11.6 Å². The minimum Gasteiger partial charge on any atom is -0.489 e. The zero-order chi connectivity index (χ0) is 19.1. The summed E-state index contributed by atoms with van der Waals surface area (Å²) in [6, 6.07) is 23.8. The molecule has 3 aromatic carbocycles. The van der Waals surface area contributed by atoms with E-state index < -0.39 is 0 Å². The summed E-state index contributed by atoms with van der Waals surface area (Å²) >= 11 is 6.29. The number of aryl methyl sites for hydroxylation is 1. The lowest BCUT2D eigenvalue weighted by Gasteiger charge is -2.10. The molecular weight excluding hydrogens is 360 g/mol. The maximum absolute atomic E-state index is 11.2. The van der Waals surface area contributed by atoms with Gasteiger partial charge in [0, 0.05) is 17.0 Å². The minimum absolute atomic E-state index is 0.200. The second-order valence-electron chi connectivity index (χ2n) is 6.19. The average molecular weight is 381 g/mol. The van der Waals surface area contributed by atoms with Crippen LogP contribution < -0.4 is 4.74 Å². The zero-order valence-electron chi connectivity index (χ0n) is 15.2. The van der Waals surface area contributed by atoms with Gasteiger partial charge in [-0.25, -0.2) is 0 Å². The van der Waals surface area contributed by atoms with Gasteiger partial charge in [0.25, 0.3) is 0 Å². The second kappa shape index (κ2) is 9.24. The van der Waals surface area contributed by atoms with Crippen LogP contribution in [0, 0.1) is 0 Å². The Hall–Kier alpha value is -2.78. The third-order valence-corrected chi connectivity index (χ3v) is 4.62. The Kier molecular flexibility index (Phi) is 6.50. The van der Waals surface area contributed by atoms with Crippen LogP contribution in [0.1, 0.15) is 17.5 Å². The van der Waals surface area contributed by atoms with E-state index in [1.807, 2.05) is 66.7 Å². The highest BCUT2D eigenvalue weighted by Crippen LogP contribution is 2.28. The van der Waals surface area contributed by atoms with E-state index in [0.29, 0.717) is 19.4 Å². The van der Waals surface area contributed by atoms with Crippen LogP contribution in [0.15, 0.2) is 72.8 Å². The Morgan fingerprint density at radius 3 is 2.44 bits per heavy atom. The van der Waals surface area contributed by atoms with Crippen molar-refractivity contribution in [2.24, 2.45) is 0 Å². The van der Waals surface area contributed by atoms with E-state index in [1.165, 1.54) is 7.11 Å². The monoisotopic (exact) mass is 380 g/mol. The normalized spacial score (nSPS) is 10.4. The zero-order valence-corrected chi connectivity index (χ0v) is 15.9. The van der Waals surface area contributed by atoms with Crippen molar-refractivity contribution < 1.29 is 14.3 Å². The molecule has 0 radical (unpaired) electrons. The van der Waals surface area contributed by atoms with Crippen molar-refractivity contribution >= 4 is 17.6 Å². The fraction of sp³-hybridized carbons (Fsp3) is 0.174. The Bertz CT molecular complexity index is 904. The summed E-state index contributed by atoms with van der Waals surface area (Å²) in [5.74, 6) is 0.591. The molecule has 0 N–H and O–H groups in total. The van der Waals surface area contributed by atoms with Crippen LogP contribution in [0.5, 0.6) is 5.75 Å². The van der Waals surface area contributed by atoms with Crippen molar-refractivity contribution in [3.63, 3.8) is 0 Å². The average Bonchev–Trinajstić information content (AvgIpc) is 2.71. The molecule has 0 aromatic heterocycles. The number of carbonyl (C=O) groups is 1. The number of carbonyl (C=O) groups excluding carboxylic acids is 1. The smallest absolute Gasteiger partial charge is 0.305 e. The van der Waals surface area contributed by atoms with Gasteiger partial charge >= 0.3 is 5.97 Å². The number of hydrogen-bond acceptors (Lipinski definition) is 3. The van der Waals surface area contributed by atoms with Gasteiger partial charge in [-0.15, -0.1) is 0 Å². The molecule has 0 heterocycles. The van der Waals surface area contributed by atoms with Gasteiger partial charge in [0.1, 0.15) is 12.4 Å². The largest absolute Gasteiger partial charge is 0.489 e. The number of ether oxygens (including phenoxy) is 2. The summed E-state index contributed by atoms with van der Waals surface area (Å²) in [7, 11) is 1.40. The molecule has 0 atom stereocenters. The number of methoxy groups -OCH3 is 1. The number of rotatable bonds is 7. The Labute approximate surface area is 164 Å². The molecule has 0 aliphatic rings. The summed E-state index contributed by atoms with van der Waals surface area (Å²) in [6.45, 7) is 0.472. The van der Waals surface area contributed by atoms with Gasteiger partial charge in [0.05, 0.1) is 7.11 Å². The van der Waals surface area contributed by atoms with E-state index in [4.69, 9.17) is 16.3 Å². The van der Waals surface area contributed by atoms with Crippen molar-refractivity contribution in [1.29, 1.82) is 0 Å². The van der Waals surface area contributed by atoms with Crippen LogP contribution in [0.25, 0.3) is 11.1 Å². The Morgan fingerprint density at radius 1 is 0.926 bits per heavy atom. The first-order chi connectivity index (χ1) is 13.2. The number of esters is 1. The highest BCUT2D eigenvalue weighted by molar-refractivity contribution is 6.33. The van der Waals surface area contributed by atoms with E-state index in [0.717, 1.165) is 33.0 Å². The van der Waals surface area contributed by atoms with Crippen molar-refractivity contribution in [2.45, 2.75) is 19.4 Å². The third-order valence-electron chi connectivity index (χ3n) is 4.29. The quantitative estimate of drug-likeness (QED) is 0.494. The number of benzene rings is 3. The molecule has 0 saturated heterocycles. The molecule has 138 valence electrons. The van der Waals surface area contributed by atoms with Crippen molar-refractivity contribution in [3.05, 3.63) is 88.9 Å². The van der Waals surface area contributed by atoms with E-state index in [9.17, 15) is 4.79 Å². The van der Waals surface area contributed by atoms with Crippen LogP contribution in [-0.2, 0) is 22.6 Å². The van der Waals surface area contributed by atoms with E-state index >= 15 is 0 Å². The summed E-state index contributed by atoms with van der Waals surface area (Å²) in [5, 5.41) is 0.734. The molecule has 27 heavy (non-hydrogen) atoms. The Balaban J connectivity index is 1.61. The first-order valence-electron chi connectivity index (χ1n) is 8.78. The van der Waals surface area contributed by atoms with Gasteiger partial charge < -0.3 is 9.47 Å². The first-order valence-corrected chi connectivity index (χ1v) is 9.16. The van der Waals surface area contributed by atoms with E-state index in [-0.39, 0.29) is 5.97 Å². The summed E-state index contributed by atoms with van der Waals surface area (Å²) in [6.07, 6.45) is 1.04. The van der Waals surface area contributed by atoms with E-state index in [1.54, 1.807) is 0 Å². The third kappa shape index (κ3) is 5.35. The predicted octanol–water partition coefficient (Wildman–Crippen LogP) is 5.69. The summed E-state index contributed by atoms with van der Waals surface area (Å²) in [4.78, 5) is 11.2. The lowest BCUT2D eigenvalue weighted by atomic mass is 10.0. The van der Waals surface area contributed by atoms with Gasteiger partial charge in [-0.2, -0.15) is 0 Å². The molecule has 3 rings (SSSR count). The topological polar surface area (TPSA) is 35.5 Å². The first kappa shape index (κ1) is 19.0. The van der Waals surface area contributed by atoms with Gasteiger partial charge in [0.2, 0.25) is 0 Å². The fourth-order valence-corrected chi connectivity index (χ4v) is 3.04. The van der Waals surface area contributed by atoms with Gasteiger partial charge in [-0.3, -0.25) is 4.79 Å². The highest BCUT2D eigenvalue weighted by atomic mass is 35.5. The molecule has 0 amide bonds. The van der Waals surface area contributed by atoms with Gasteiger partial charge in [-0.1, -0.05) is 60.1 Å². The van der Waals surface area contributed by atoms with Gasteiger partial charge in [-0.05, 0) is 47.4 Å². The Morgan fingerprint density at radius 2 is 1.70 bits per heavy atom. The molecule has 0 aliphatic carbocycles. The lowest BCUT2D eigenvalue weighted by molar-refractivity contribution is -0.140. The SMILES string of the molecule is COC(=O)CCc1ccc(OCc2cccc(-c3ccccc3Cl)c2)cc1. The van der Waals surface area contributed by atoms with E-state index in [2.05, 4.69) is 10.8 Å². The highest BCUT2D eigenvalue weighted by Gasteiger charge is 2.05. The molecule has 0 fully saturated rings. The number of halogens is 1. The number of hydrogen-bond donors (Lipinski definition) is 0. The second-order valence-corrected chi connectivity index (χ2v) is 6.60. The molecule has 3 aromatic rings. The molecule has 4 heteroatoms.